The maximum Gasteiger partial charge on any atom is 0.253 e. The van der Waals surface area contributed by atoms with Crippen LogP contribution in [0.15, 0.2) is 72.9 Å². The molecule has 15 nitrogen and oxygen atoms in total. The molecular weight excluding hydrogens is 678 g/mol. The highest BCUT2D eigenvalue weighted by Gasteiger charge is 2.31. The van der Waals surface area contributed by atoms with Crippen LogP contribution in [0, 0.1) is 5.92 Å². The highest BCUT2D eigenvalue weighted by atomic mass is 16.5. The van der Waals surface area contributed by atoms with Crippen molar-refractivity contribution in [1.29, 1.82) is 0 Å². The third-order valence-electron chi connectivity index (χ3n) is 9.04. The molecule has 4 amide bonds. The topological polar surface area (TPSA) is 182 Å². The molecule has 3 aliphatic rings. The molecule has 2 aromatic carbocycles. The van der Waals surface area contributed by atoms with Crippen LogP contribution in [-0.4, -0.2) is 94.9 Å². The Hall–Kier alpha value is -5.83. The number of rotatable bonds is 5. The number of carbonyl (C=O) groups excluding carboxylic acids is 4. The molecule has 1 saturated heterocycles. The minimum Gasteiger partial charge on any atom is -0.492 e. The SMILES string of the molecule is CC(C)[C@H]1NC(=O)[C@@H](NC(=O)c2ccc(N3CCOCC3)nc2)Cc2ccc(cc2)OCCNC(=O)Cn2nc(-c3ccccc3)nc2[C@H](C)NC1=O. The van der Waals surface area contributed by atoms with E-state index in [4.69, 9.17) is 14.5 Å². The number of pyridine rings is 1. The minimum atomic E-state index is -1.03. The zero-order valence-corrected chi connectivity index (χ0v) is 30.1. The fourth-order valence-electron chi connectivity index (χ4n) is 6.12. The van der Waals surface area contributed by atoms with Crippen LogP contribution < -0.4 is 30.9 Å². The molecule has 0 spiro atoms. The largest absolute Gasteiger partial charge is 0.492 e. The number of fused-ring (bicyclic) bond motifs is 14. The molecule has 0 unspecified atom stereocenters. The lowest BCUT2D eigenvalue weighted by molar-refractivity contribution is -0.131. The van der Waals surface area contributed by atoms with E-state index in [1.807, 2.05) is 56.3 Å². The van der Waals surface area contributed by atoms with Gasteiger partial charge in [0, 0.05) is 31.3 Å². The van der Waals surface area contributed by atoms with Gasteiger partial charge in [-0.25, -0.2) is 14.6 Å². The van der Waals surface area contributed by atoms with E-state index in [1.54, 1.807) is 31.2 Å². The van der Waals surface area contributed by atoms with E-state index < -0.39 is 35.8 Å². The molecule has 0 aliphatic carbocycles. The third kappa shape index (κ3) is 9.54. The Morgan fingerprint density at radius 1 is 0.925 bits per heavy atom. The van der Waals surface area contributed by atoms with Crippen molar-refractivity contribution in [3.63, 3.8) is 0 Å². The summed E-state index contributed by atoms with van der Waals surface area (Å²) in [5.74, 6) is 0.000307. The Bertz CT molecular complexity index is 1880. The molecule has 278 valence electrons. The molecule has 15 heteroatoms. The first-order chi connectivity index (χ1) is 25.6. The molecule has 2 aromatic heterocycles. The van der Waals surface area contributed by atoms with Crippen LogP contribution >= 0.6 is 0 Å². The summed E-state index contributed by atoms with van der Waals surface area (Å²) in [6.45, 7) is 8.34. The number of morpholine rings is 1. The number of anilines is 1. The minimum absolute atomic E-state index is 0.138. The van der Waals surface area contributed by atoms with Gasteiger partial charge in [0.25, 0.3) is 5.91 Å². The van der Waals surface area contributed by atoms with Crippen molar-refractivity contribution in [1.82, 2.24) is 41.0 Å². The van der Waals surface area contributed by atoms with Crippen molar-refractivity contribution in [3.05, 3.63) is 89.9 Å². The van der Waals surface area contributed by atoms with E-state index in [0.29, 0.717) is 49.3 Å². The van der Waals surface area contributed by atoms with Gasteiger partial charge >= 0.3 is 0 Å². The zero-order valence-electron chi connectivity index (χ0n) is 30.1. The predicted octanol–water partition coefficient (Wildman–Crippen LogP) is 2.04. The molecule has 0 radical (unpaired) electrons. The molecule has 3 atom stereocenters. The van der Waals surface area contributed by atoms with E-state index in [9.17, 15) is 19.2 Å². The average molecular weight is 724 g/mol. The molecule has 2 bridgehead atoms. The van der Waals surface area contributed by atoms with E-state index in [1.165, 1.54) is 10.9 Å². The number of nitrogens with one attached hydrogen (secondary N) is 4. The smallest absolute Gasteiger partial charge is 0.253 e. The molecule has 53 heavy (non-hydrogen) atoms. The van der Waals surface area contributed by atoms with E-state index in [-0.39, 0.29) is 37.9 Å². The van der Waals surface area contributed by atoms with Crippen LogP contribution in [0.5, 0.6) is 5.75 Å². The number of hydrogen-bond acceptors (Lipinski definition) is 10. The second-order valence-electron chi connectivity index (χ2n) is 13.4. The summed E-state index contributed by atoms with van der Waals surface area (Å²) in [7, 11) is 0. The highest BCUT2D eigenvalue weighted by Crippen LogP contribution is 2.20. The number of ether oxygens (including phenoxy) is 2. The normalized spacial score (nSPS) is 20.4. The first-order valence-electron chi connectivity index (χ1n) is 17.8. The van der Waals surface area contributed by atoms with Gasteiger partial charge in [-0.3, -0.25) is 19.2 Å². The van der Waals surface area contributed by atoms with E-state index in [2.05, 4.69) is 36.2 Å². The van der Waals surface area contributed by atoms with E-state index in [0.717, 1.165) is 16.9 Å². The summed E-state index contributed by atoms with van der Waals surface area (Å²) in [4.78, 5) is 65.7. The predicted molar refractivity (Wildman–Crippen MR) is 196 cm³/mol. The standard InChI is InChI=1S/C38H45N9O6/c1-24(2)33-38(51)41-25(3)35-44-34(27-7-5-4-6-8-27)45-47(35)23-32(48)39-15-18-53-29-12-9-26(10-13-29)21-30(37(50)43-33)42-36(49)28-11-14-31(40-22-28)46-16-19-52-20-17-46/h4-14,22,24-25,30,33H,15-21,23H2,1-3H3,(H,39,48)(H,41,51)(H,42,49)(H,43,50)/t25-,30-,33+/m0/s1. The maximum atomic E-state index is 14.0. The molecule has 0 saturated carbocycles. The monoisotopic (exact) mass is 723 g/mol. The third-order valence-corrected chi connectivity index (χ3v) is 9.04. The summed E-state index contributed by atoms with van der Waals surface area (Å²) in [5, 5.41) is 16.2. The van der Waals surface area contributed by atoms with E-state index >= 15 is 0 Å². The van der Waals surface area contributed by atoms with Gasteiger partial charge in [0.15, 0.2) is 5.82 Å². The van der Waals surface area contributed by atoms with Crippen LogP contribution in [0.4, 0.5) is 5.82 Å². The van der Waals surface area contributed by atoms with Crippen LogP contribution in [-0.2, 0) is 32.1 Å². The van der Waals surface area contributed by atoms with Crippen molar-refractivity contribution in [2.24, 2.45) is 5.92 Å². The van der Waals surface area contributed by atoms with Gasteiger partial charge in [-0.15, -0.1) is 0 Å². The van der Waals surface area contributed by atoms with Crippen LogP contribution in [0.1, 0.15) is 48.6 Å². The Labute approximate surface area is 307 Å². The molecule has 1 fully saturated rings. The number of amides is 4. The lowest BCUT2D eigenvalue weighted by Gasteiger charge is -2.28. The highest BCUT2D eigenvalue weighted by molar-refractivity contribution is 5.98. The number of hydrogen-bond donors (Lipinski definition) is 4. The second-order valence-corrected chi connectivity index (χ2v) is 13.4. The second kappa shape index (κ2) is 17.1. The van der Waals surface area contributed by atoms with Gasteiger partial charge in [0.1, 0.15) is 42.6 Å². The summed E-state index contributed by atoms with van der Waals surface area (Å²) in [6, 6.07) is 17.3. The van der Waals surface area contributed by atoms with Crippen molar-refractivity contribution in [2.75, 3.05) is 44.4 Å². The lowest BCUT2D eigenvalue weighted by Crippen LogP contribution is -2.56. The van der Waals surface area contributed by atoms with Crippen LogP contribution in [0.3, 0.4) is 0 Å². The van der Waals surface area contributed by atoms with Gasteiger partial charge in [-0.05, 0) is 42.7 Å². The Morgan fingerprint density at radius 2 is 1.68 bits per heavy atom. The van der Waals surface area contributed by atoms with Crippen LogP contribution in [0.2, 0.25) is 0 Å². The number of nitrogens with zero attached hydrogens (tertiary/aromatic N) is 5. The molecular formula is C38H45N9O6. The van der Waals surface area contributed by atoms with Crippen molar-refractivity contribution >= 4 is 29.4 Å². The summed E-state index contributed by atoms with van der Waals surface area (Å²) < 4.78 is 12.7. The number of aromatic nitrogens is 4. The molecule has 5 heterocycles. The number of benzene rings is 2. The Balaban J connectivity index is 1.25. The van der Waals surface area contributed by atoms with Gasteiger partial charge in [-0.2, -0.15) is 5.10 Å². The molecule has 7 rings (SSSR count). The maximum absolute atomic E-state index is 14.0. The molecule has 4 N–H and O–H groups in total. The van der Waals surface area contributed by atoms with Crippen LogP contribution in [0.25, 0.3) is 11.4 Å². The first-order valence-corrected chi connectivity index (χ1v) is 17.8. The van der Waals surface area contributed by atoms with Crippen molar-refractivity contribution in [3.8, 4) is 17.1 Å². The molecule has 4 aromatic rings. The quantitative estimate of drug-likeness (QED) is 0.238. The van der Waals surface area contributed by atoms with Gasteiger partial charge < -0.3 is 35.6 Å². The number of carbonyl (C=O) groups is 4. The first kappa shape index (κ1) is 36.9. The van der Waals surface area contributed by atoms with Gasteiger partial charge in [0.05, 0.1) is 31.4 Å². The molecule has 3 aliphatic heterocycles. The average Bonchev–Trinajstić information content (AvgIpc) is 3.59. The van der Waals surface area contributed by atoms with Crippen molar-refractivity contribution < 1.29 is 28.7 Å². The fraction of sp³-hybridized carbons (Fsp3) is 0.395. The summed E-state index contributed by atoms with van der Waals surface area (Å²) in [5.41, 5.74) is 1.80. The van der Waals surface area contributed by atoms with Gasteiger partial charge in [0.2, 0.25) is 17.7 Å². The fourth-order valence-corrected chi connectivity index (χ4v) is 6.12. The Morgan fingerprint density at radius 3 is 2.38 bits per heavy atom. The van der Waals surface area contributed by atoms with Crippen molar-refractivity contribution in [2.45, 2.75) is 51.9 Å². The summed E-state index contributed by atoms with van der Waals surface area (Å²) >= 11 is 0. The van der Waals surface area contributed by atoms with Gasteiger partial charge in [-0.1, -0.05) is 56.3 Å². The summed E-state index contributed by atoms with van der Waals surface area (Å²) in [6.07, 6.45) is 1.63. The zero-order chi connectivity index (χ0) is 37.3. The Kier molecular flexibility index (Phi) is 11.9. The lowest BCUT2D eigenvalue weighted by atomic mass is 10.0.